The van der Waals surface area contributed by atoms with Gasteiger partial charge in [0.25, 0.3) is 11.7 Å². The molecule has 1 amide bonds. The monoisotopic (exact) mass is 441 g/mol. The van der Waals surface area contributed by atoms with E-state index in [4.69, 9.17) is 16.3 Å². The molecule has 0 bridgehead atoms. The van der Waals surface area contributed by atoms with Gasteiger partial charge in [0, 0.05) is 17.1 Å². The third kappa shape index (κ3) is 5.00. The number of likely N-dealkylation sites (tertiary alicyclic amines) is 1. The summed E-state index contributed by atoms with van der Waals surface area (Å²) in [5.41, 5.74) is 2.43. The van der Waals surface area contributed by atoms with Crippen LogP contribution in [0.5, 0.6) is 0 Å². The van der Waals surface area contributed by atoms with E-state index in [1.807, 2.05) is 38.1 Å². The molecule has 1 atom stereocenters. The second-order valence-electron chi connectivity index (χ2n) is 8.24. The first-order valence-corrected chi connectivity index (χ1v) is 10.8. The van der Waals surface area contributed by atoms with Crippen LogP contribution in [-0.2, 0) is 14.3 Å². The van der Waals surface area contributed by atoms with E-state index < -0.39 is 17.7 Å². The van der Waals surface area contributed by atoms with Gasteiger partial charge in [-0.1, -0.05) is 49.7 Å². The summed E-state index contributed by atoms with van der Waals surface area (Å²) in [6.07, 6.45) is 0.00895. The number of amides is 1. The lowest BCUT2D eigenvalue weighted by Gasteiger charge is -2.26. The van der Waals surface area contributed by atoms with Crippen molar-refractivity contribution in [1.82, 2.24) is 4.90 Å². The van der Waals surface area contributed by atoms with Gasteiger partial charge < -0.3 is 14.7 Å². The number of Topliss-reactive ketones (excluding diaryl/α,β-unsaturated/α-hetero) is 1. The molecule has 2 aromatic rings. The fourth-order valence-corrected chi connectivity index (χ4v) is 3.80. The largest absolute Gasteiger partial charge is 0.507 e. The summed E-state index contributed by atoms with van der Waals surface area (Å²) < 4.78 is 5.62. The second-order valence-corrected chi connectivity index (χ2v) is 8.68. The molecule has 5 nitrogen and oxygen atoms in total. The normalized spacial score (nSPS) is 18.4. The average Bonchev–Trinajstić information content (AvgIpc) is 2.98. The van der Waals surface area contributed by atoms with Gasteiger partial charge >= 0.3 is 0 Å². The van der Waals surface area contributed by atoms with Crippen LogP contribution in [0.2, 0.25) is 5.02 Å². The number of halogens is 1. The molecule has 2 aromatic carbocycles. The molecule has 1 N–H and O–H groups in total. The Bertz CT molecular complexity index is 978. The summed E-state index contributed by atoms with van der Waals surface area (Å²) in [4.78, 5) is 27.4. The number of carbonyl (C=O) groups excluding carboxylic acids is 2. The average molecular weight is 442 g/mol. The predicted molar refractivity (Wildman–Crippen MR) is 122 cm³/mol. The summed E-state index contributed by atoms with van der Waals surface area (Å²) in [5, 5.41) is 11.5. The number of rotatable bonds is 7. The summed E-state index contributed by atoms with van der Waals surface area (Å²) in [6, 6.07) is 13.7. The minimum Gasteiger partial charge on any atom is -0.507 e. The van der Waals surface area contributed by atoms with E-state index in [0.717, 1.165) is 11.1 Å². The third-order valence-corrected chi connectivity index (χ3v) is 5.61. The van der Waals surface area contributed by atoms with E-state index in [9.17, 15) is 14.7 Å². The molecule has 0 aromatic heterocycles. The van der Waals surface area contributed by atoms with Crippen molar-refractivity contribution in [3.8, 4) is 0 Å². The molecule has 1 unspecified atom stereocenters. The van der Waals surface area contributed by atoms with Crippen LogP contribution >= 0.6 is 11.6 Å². The highest BCUT2D eigenvalue weighted by molar-refractivity contribution is 6.46. The minimum absolute atomic E-state index is 0.00895. The Labute approximate surface area is 188 Å². The molecule has 0 spiro atoms. The fourth-order valence-electron chi connectivity index (χ4n) is 3.67. The zero-order chi connectivity index (χ0) is 22.7. The zero-order valence-electron chi connectivity index (χ0n) is 18.3. The smallest absolute Gasteiger partial charge is 0.295 e. The summed E-state index contributed by atoms with van der Waals surface area (Å²) in [5.74, 6) is -1.19. The van der Waals surface area contributed by atoms with Crippen molar-refractivity contribution in [2.24, 2.45) is 0 Å². The number of hydrogen-bond acceptors (Lipinski definition) is 4. The minimum atomic E-state index is -0.699. The first-order chi connectivity index (χ1) is 14.7. The van der Waals surface area contributed by atoms with Crippen LogP contribution in [0.15, 0.2) is 54.1 Å². The topological polar surface area (TPSA) is 66.8 Å². The van der Waals surface area contributed by atoms with E-state index in [0.29, 0.717) is 23.1 Å². The molecular formula is C25H28ClNO4. The first-order valence-electron chi connectivity index (χ1n) is 10.5. The van der Waals surface area contributed by atoms with Gasteiger partial charge in [-0.15, -0.1) is 0 Å². The maximum absolute atomic E-state index is 13.0. The van der Waals surface area contributed by atoms with Gasteiger partial charge in [0.1, 0.15) is 5.76 Å². The van der Waals surface area contributed by atoms with Crippen molar-refractivity contribution >= 4 is 29.1 Å². The van der Waals surface area contributed by atoms with Crippen molar-refractivity contribution in [2.45, 2.75) is 45.8 Å². The molecule has 0 saturated carbocycles. The molecule has 164 valence electrons. The molecule has 1 aliphatic rings. The number of carbonyl (C=O) groups is 2. The molecular weight excluding hydrogens is 414 g/mol. The number of nitrogens with zero attached hydrogens (tertiary/aromatic N) is 1. The first kappa shape index (κ1) is 23.0. The maximum atomic E-state index is 13.0. The number of ether oxygens (including phenoxy) is 1. The van der Waals surface area contributed by atoms with Crippen molar-refractivity contribution in [1.29, 1.82) is 0 Å². The number of hydrogen-bond donors (Lipinski definition) is 1. The predicted octanol–water partition coefficient (Wildman–Crippen LogP) is 5.31. The Balaban J connectivity index is 2.08. The van der Waals surface area contributed by atoms with Crippen LogP contribution in [0.3, 0.4) is 0 Å². The summed E-state index contributed by atoms with van der Waals surface area (Å²) >= 11 is 5.96. The van der Waals surface area contributed by atoms with Crippen molar-refractivity contribution in [3.05, 3.63) is 75.8 Å². The Morgan fingerprint density at radius 3 is 2.19 bits per heavy atom. The highest BCUT2D eigenvalue weighted by Crippen LogP contribution is 2.39. The van der Waals surface area contributed by atoms with Gasteiger partial charge in [0.05, 0.1) is 24.3 Å². The number of ketones is 1. The lowest BCUT2D eigenvalue weighted by Crippen LogP contribution is -2.33. The molecule has 6 heteroatoms. The van der Waals surface area contributed by atoms with Crippen LogP contribution in [0, 0.1) is 0 Å². The maximum Gasteiger partial charge on any atom is 0.295 e. The molecule has 31 heavy (non-hydrogen) atoms. The fraction of sp³-hybridized carbons (Fsp3) is 0.360. The molecule has 0 aliphatic carbocycles. The number of aliphatic hydroxyl groups excluding tert-OH is 1. The van der Waals surface area contributed by atoms with Crippen LogP contribution in [-0.4, -0.2) is 41.0 Å². The van der Waals surface area contributed by atoms with Crippen LogP contribution < -0.4 is 0 Å². The molecule has 1 fully saturated rings. The van der Waals surface area contributed by atoms with Gasteiger partial charge in [0.2, 0.25) is 0 Å². The van der Waals surface area contributed by atoms with E-state index in [1.165, 1.54) is 4.90 Å². The standard InChI is InChI=1S/C25H28ClNO4/c1-15(2)17-5-7-18(8-6-17)22-21(23(28)19-9-11-20(26)12-10-19)24(29)25(30)27(22)13-14-31-16(3)4/h5-12,15-16,22,28H,13-14H2,1-4H3/b23-21-. The van der Waals surface area contributed by atoms with Gasteiger partial charge in [-0.05, 0) is 55.2 Å². The highest BCUT2D eigenvalue weighted by Gasteiger charge is 2.45. The second kappa shape index (κ2) is 9.67. The van der Waals surface area contributed by atoms with E-state index >= 15 is 0 Å². The van der Waals surface area contributed by atoms with E-state index in [1.54, 1.807) is 24.3 Å². The highest BCUT2D eigenvalue weighted by atomic mass is 35.5. The van der Waals surface area contributed by atoms with Crippen molar-refractivity contribution in [3.63, 3.8) is 0 Å². The summed E-state index contributed by atoms with van der Waals surface area (Å²) in [7, 11) is 0. The van der Waals surface area contributed by atoms with E-state index in [2.05, 4.69) is 13.8 Å². The van der Waals surface area contributed by atoms with Gasteiger partial charge in [0.15, 0.2) is 0 Å². The number of aliphatic hydroxyl groups is 1. The van der Waals surface area contributed by atoms with E-state index in [-0.39, 0.29) is 24.0 Å². The Kier molecular flexibility index (Phi) is 7.19. The molecule has 3 rings (SSSR count). The van der Waals surface area contributed by atoms with Crippen molar-refractivity contribution < 1.29 is 19.4 Å². The Morgan fingerprint density at radius 1 is 1.03 bits per heavy atom. The Hall–Kier alpha value is -2.63. The molecule has 1 saturated heterocycles. The molecule has 1 heterocycles. The van der Waals surface area contributed by atoms with Crippen LogP contribution in [0.25, 0.3) is 5.76 Å². The lowest BCUT2D eigenvalue weighted by atomic mass is 9.93. The van der Waals surface area contributed by atoms with Gasteiger partial charge in [-0.2, -0.15) is 0 Å². The molecule has 0 radical (unpaired) electrons. The SMILES string of the molecule is CC(C)OCCN1C(=O)C(=O)/C(=C(\O)c2ccc(Cl)cc2)C1c1ccc(C(C)C)cc1. The Morgan fingerprint density at radius 2 is 1.65 bits per heavy atom. The quantitative estimate of drug-likeness (QED) is 0.359. The van der Waals surface area contributed by atoms with Gasteiger partial charge in [-0.25, -0.2) is 0 Å². The van der Waals surface area contributed by atoms with Gasteiger partial charge in [-0.3, -0.25) is 9.59 Å². The van der Waals surface area contributed by atoms with Crippen LogP contribution in [0.1, 0.15) is 56.3 Å². The third-order valence-electron chi connectivity index (χ3n) is 5.36. The van der Waals surface area contributed by atoms with Crippen LogP contribution in [0.4, 0.5) is 0 Å². The number of benzene rings is 2. The van der Waals surface area contributed by atoms with Crippen molar-refractivity contribution in [2.75, 3.05) is 13.2 Å². The summed E-state index contributed by atoms with van der Waals surface area (Å²) in [6.45, 7) is 8.58. The zero-order valence-corrected chi connectivity index (χ0v) is 19.0. The molecule has 1 aliphatic heterocycles. The lowest BCUT2D eigenvalue weighted by molar-refractivity contribution is -0.140.